The first-order valence-electron chi connectivity index (χ1n) is 7.54. The first-order valence-corrected chi connectivity index (χ1v) is 7.54. The molecule has 1 fully saturated rings. The van der Waals surface area contributed by atoms with Crippen LogP contribution in [-0.2, 0) is 16.0 Å². The Morgan fingerprint density at radius 1 is 1.30 bits per heavy atom. The van der Waals surface area contributed by atoms with Crippen molar-refractivity contribution in [3.8, 4) is 0 Å². The number of ether oxygens (including phenoxy) is 1. The third-order valence-corrected chi connectivity index (χ3v) is 4.85. The van der Waals surface area contributed by atoms with Crippen LogP contribution in [0.4, 0.5) is 0 Å². The summed E-state index contributed by atoms with van der Waals surface area (Å²) < 4.78 is 5.73. The number of hydrogen-bond acceptors (Lipinski definition) is 2. The lowest BCUT2D eigenvalue weighted by atomic mass is 9.69. The molecule has 106 valence electrons. The lowest BCUT2D eigenvalue weighted by Crippen LogP contribution is -2.30. The quantitative estimate of drug-likeness (QED) is 0.590. The fourth-order valence-electron chi connectivity index (χ4n) is 3.83. The Hall–Kier alpha value is -1.57. The van der Waals surface area contributed by atoms with Crippen LogP contribution in [-0.4, -0.2) is 5.97 Å². The smallest absolute Gasteiger partial charge is 0.333 e. The van der Waals surface area contributed by atoms with Gasteiger partial charge in [-0.2, -0.15) is 0 Å². The standard InChI is InChI=1S/C18H22O2/c1-13(2)17(19)20-16-12-18(9-5-6-10-18)11-14-7-3-4-8-15(14)16/h3-4,7-8,16H,1,5-6,9-12H2,2H3. The molecular formula is C18H22O2. The van der Waals surface area contributed by atoms with Crippen molar-refractivity contribution in [3.63, 3.8) is 0 Å². The van der Waals surface area contributed by atoms with Crippen molar-refractivity contribution in [1.82, 2.24) is 0 Å². The van der Waals surface area contributed by atoms with Crippen molar-refractivity contribution in [2.45, 2.75) is 51.6 Å². The van der Waals surface area contributed by atoms with E-state index in [2.05, 4.69) is 24.8 Å². The maximum absolute atomic E-state index is 11.9. The van der Waals surface area contributed by atoms with Crippen molar-refractivity contribution < 1.29 is 9.53 Å². The maximum Gasteiger partial charge on any atom is 0.333 e. The van der Waals surface area contributed by atoms with Gasteiger partial charge in [-0.25, -0.2) is 4.79 Å². The first-order chi connectivity index (χ1) is 9.60. The van der Waals surface area contributed by atoms with Gasteiger partial charge in [0.2, 0.25) is 0 Å². The monoisotopic (exact) mass is 270 g/mol. The van der Waals surface area contributed by atoms with E-state index in [0.717, 1.165) is 12.8 Å². The second-order valence-electron chi connectivity index (χ2n) is 6.46. The summed E-state index contributed by atoms with van der Waals surface area (Å²) in [5.41, 5.74) is 3.39. The molecule has 1 spiro atoms. The van der Waals surface area contributed by atoms with E-state index in [0.29, 0.717) is 11.0 Å². The zero-order valence-corrected chi connectivity index (χ0v) is 12.2. The molecule has 2 aliphatic rings. The highest BCUT2D eigenvalue weighted by atomic mass is 16.5. The third kappa shape index (κ3) is 2.39. The Morgan fingerprint density at radius 3 is 2.70 bits per heavy atom. The Balaban J connectivity index is 1.91. The van der Waals surface area contributed by atoms with Crippen LogP contribution in [0.5, 0.6) is 0 Å². The number of hydrogen-bond donors (Lipinski definition) is 0. The van der Waals surface area contributed by atoms with Gasteiger partial charge in [0.1, 0.15) is 6.10 Å². The summed E-state index contributed by atoms with van der Waals surface area (Å²) in [6, 6.07) is 8.42. The van der Waals surface area contributed by atoms with Crippen LogP contribution in [0.15, 0.2) is 36.4 Å². The molecule has 0 radical (unpaired) electrons. The number of carbonyl (C=O) groups is 1. The summed E-state index contributed by atoms with van der Waals surface area (Å²) in [5.74, 6) is -0.264. The first kappa shape index (κ1) is 13.4. The van der Waals surface area contributed by atoms with Crippen molar-refractivity contribution in [2.75, 3.05) is 0 Å². The van der Waals surface area contributed by atoms with E-state index in [-0.39, 0.29) is 12.1 Å². The van der Waals surface area contributed by atoms with Crippen molar-refractivity contribution in [2.24, 2.45) is 5.41 Å². The number of esters is 1. The fourth-order valence-corrected chi connectivity index (χ4v) is 3.83. The number of fused-ring (bicyclic) bond motifs is 1. The van der Waals surface area contributed by atoms with Crippen LogP contribution in [0.1, 0.15) is 56.3 Å². The number of rotatable bonds is 2. The Labute approximate surface area is 120 Å². The van der Waals surface area contributed by atoms with Crippen molar-refractivity contribution in [1.29, 1.82) is 0 Å². The molecule has 1 unspecified atom stereocenters. The SMILES string of the molecule is C=C(C)C(=O)OC1CC2(CCCC2)Cc2ccccc21. The summed E-state index contributed by atoms with van der Waals surface area (Å²) in [5, 5.41) is 0. The minimum absolute atomic E-state index is 0.0951. The molecule has 1 atom stereocenters. The second-order valence-corrected chi connectivity index (χ2v) is 6.46. The molecule has 2 aliphatic carbocycles. The molecule has 3 rings (SSSR count). The summed E-state index contributed by atoms with van der Waals surface area (Å²) in [7, 11) is 0. The van der Waals surface area contributed by atoms with Gasteiger partial charge in [0, 0.05) is 5.57 Å². The van der Waals surface area contributed by atoms with Crippen LogP contribution in [0.3, 0.4) is 0 Å². The van der Waals surface area contributed by atoms with E-state index in [1.54, 1.807) is 6.92 Å². The zero-order valence-electron chi connectivity index (χ0n) is 12.2. The highest BCUT2D eigenvalue weighted by molar-refractivity contribution is 5.87. The van der Waals surface area contributed by atoms with E-state index in [1.165, 1.54) is 36.8 Å². The van der Waals surface area contributed by atoms with E-state index in [1.807, 2.05) is 6.07 Å². The predicted octanol–water partition coefficient (Wildman–Crippen LogP) is 4.35. The molecule has 0 amide bonds. The molecule has 0 heterocycles. The highest BCUT2D eigenvalue weighted by Crippen LogP contribution is 2.52. The largest absolute Gasteiger partial charge is 0.454 e. The van der Waals surface area contributed by atoms with Crippen LogP contribution < -0.4 is 0 Å². The topological polar surface area (TPSA) is 26.3 Å². The average molecular weight is 270 g/mol. The summed E-state index contributed by atoms with van der Waals surface area (Å²) in [6.45, 7) is 5.40. The van der Waals surface area contributed by atoms with E-state index >= 15 is 0 Å². The molecule has 0 saturated heterocycles. The molecule has 1 aromatic rings. The Kier molecular flexibility index (Phi) is 3.41. The average Bonchev–Trinajstić information content (AvgIpc) is 2.86. The van der Waals surface area contributed by atoms with Crippen molar-refractivity contribution in [3.05, 3.63) is 47.5 Å². The van der Waals surface area contributed by atoms with Gasteiger partial charge in [0.05, 0.1) is 0 Å². The van der Waals surface area contributed by atoms with E-state index in [9.17, 15) is 4.79 Å². The molecular weight excluding hydrogens is 248 g/mol. The fraction of sp³-hybridized carbons (Fsp3) is 0.500. The van der Waals surface area contributed by atoms with Gasteiger partial charge in [-0.05, 0) is 49.1 Å². The third-order valence-electron chi connectivity index (χ3n) is 4.85. The summed E-state index contributed by atoms with van der Waals surface area (Å²) in [6.07, 6.45) is 7.17. The highest BCUT2D eigenvalue weighted by Gasteiger charge is 2.42. The Bertz CT molecular complexity index is 538. The van der Waals surface area contributed by atoms with Gasteiger partial charge in [-0.3, -0.25) is 0 Å². The molecule has 0 aromatic heterocycles. The molecule has 0 bridgehead atoms. The predicted molar refractivity (Wildman–Crippen MR) is 79.3 cm³/mol. The Morgan fingerprint density at radius 2 is 2.00 bits per heavy atom. The zero-order chi connectivity index (χ0) is 14.2. The van der Waals surface area contributed by atoms with Gasteiger partial charge < -0.3 is 4.74 Å². The molecule has 1 saturated carbocycles. The normalized spacial score (nSPS) is 23.4. The maximum atomic E-state index is 11.9. The minimum Gasteiger partial charge on any atom is -0.454 e. The summed E-state index contributed by atoms with van der Waals surface area (Å²) >= 11 is 0. The van der Waals surface area contributed by atoms with Gasteiger partial charge in [0.25, 0.3) is 0 Å². The van der Waals surface area contributed by atoms with Crippen LogP contribution in [0.2, 0.25) is 0 Å². The number of benzene rings is 1. The molecule has 2 heteroatoms. The van der Waals surface area contributed by atoms with Crippen LogP contribution >= 0.6 is 0 Å². The van der Waals surface area contributed by atoms with Crippen LogP contribution in [0, 0.1) is 5.41 Å². The lowest BCUT2D eigenvalue weighted by molar-refractivity contribution is -0.147. The van der Waals surface area contributed by atoms with Crippen molar-refractivity contribution >= 4 is 5.97 Å². The van der Waals surface area contributed by atoms with Gasteiger partial charge in [-0.1, -0.05) is 43.7 Å². The molecule has 20 heavy (non-hydrogen) atoms. The molecule has 2 nitrogen and oxygen atoms in total. The van der Waals surface area contributed by atoms with E-state index in [4.69, 9.17) is 4.74 Å². The molecule has 0 aliphatic heterocycles. The van der Waals surface area contributed by atoms with Gasteiger partial charge >= 0.3 is 5.97 Å². The number of carbonyl (C=O) groups excluding carboxylic acids is 1. The van der Waals surface area contributed by atoms with Gasteiger partial charge in [-0.15, -0.1) is 0 Å². The summed E-state index contributed by atoms with van der Waals surface area (Å²) in [4.78, 5) is 11.9. The van der Waals surface area contributed by atoms with E-state index < -0.39 is 0 Å². The van der Waals surface area contributed by atoms with Crippen LogP contribution in [0.25, 0.3) is 0 Å². The second kappa shape index (κ2) is 5.08. The lowest BCUT2D eigenvalue weighted by Gasteiger charge is -2.39. The van der Waals surface area contributed by atoms with Gasteiger partial charge in [0.15, 0.2) is 0 Å². The molecule has 0 N–H and O–H groups in total. The minimum atomic E-state index is -0.264. The molecule has 1 aromatic carbocycles.